The number of esters is 1. The van der Waals surface area contributed by atoms with Crippen molar-refractivity contribution in [3.05, 3.63) is 29.8 Å². The fourth-order valence-electron chi connectivity index (χ4n) is 3.46. The highest BCUT2D eigenvalue weighted by atomic mass is 16.5. The second kappa shape index (κ2) is 5.55. The molecule has 2 fully saturated rings. The summed E-state index contributed by atoms with van der Waals surface area (Å²) in [6.45, 7) is 2.06. The summed E-state index contributed by atoms with van der Waals surface area (Å²) in [5.41, 5.74) is 0.476. The SMILES string of the molecule is CCOC(=O)c1ccc(N2C(=O)CC3(CCCC3)C2=O)cc1. The number of hydrogen-bond acceptors (Lipinski definition) is 4. The largest absolute Gasteiger partial charge is 0.462 e. The van der Waals surface area contributed by atoms with E-state index in [1.165, 1.54) is 4.90 Å². The minimum Gasteiger partial charge on any atom is -0.462 e. The van der Waals surface area contributed by atoms with Crippen LogP contribution in [0.4, 0.5) is 5.69 Å². The molecule has 0 atom stereocenters. The zero-order valence-electron chi connectivity index (χ0n) is 12.6. The third-order valence-corrected chi connectivity index (χ3v) is 4.59. The van der Waals surface area contributed by atoms with Crippen LogP contribution in [0.2, 0.25) is 0 Å². The van der Waals surface area contributed by atoms with Crippen LogP contribution in [0.1, 0.15) is 49.4 Å². The van der Waals surface area contributed by atoms with Gasteiger partial charge in [0.2, 0.25) is 11.8 Å². The Morgan fingerprint density at radius 2 is 1.82 bits per heavy atom. The second-order valence-corrected chi connectivity index (χ2v) is 5.97. The second-order valence-electron chi connectivity index (χ2n) is 5.97. The Labute approximate surface area is 129 Å². The molecule has 1 spiro atoms. The highest BCUT2D eigenvalue weighted by Crippen LogP contribution is 2.47. The number of benzene rings is 1. The van der Waals surface area contributed by atoms with Crippen LogP contribution >= 0.6 is 0 Å². The minimum atomic E-state index is -0.475. The zero-order valence-corrected chi connectivity index (χ0v) is 12.6. The van der Waals surface area contributed by atoms with Gasteiger partial charge in [-0.05, 0) is 44.0 Å². The first kappa shape index (κ1) is 14.8. The van der Waals surface area contributed by atoms with Gasteiger partial charge in [0, 0.05) is 6.42 Å². The quantitative estimate of drug-likeness (QED) is 0.636. The summed E-state index contributed by atoms with van der Waals surface area (Å²) < 4.78 is 4.93. The molecule has 1 aliphatic carbocycles. The van der Waals surface area contributed by atoms with E-state index >= 15 is 0 Å². The van der Waals surface area contributed by atoms with Crippen LogP contribution in [0.15, 0.2) is 24.3 Å². The van der Waals surface area contributed by atoms with Gasteiger partial charge in [0.25, 0.3) is 0 Å². The maximum Gasteiger partial charge on any atom is 0.338 e. The van der Waals surface area contributed by atoms with Crippen molar-refractivity contribution in [2.75, 3.05) is 11.5 Å². The van der Waals surface area contributed by atoms with Crippen LogP contribution in [0.3, 0.4) is 0 Å². The zero-order chi connectivity index (χ0) is 15.7. The average molecular weight is 301 g/mol. The molecule has 2 aliphatic rings. The van der Waals surface area contributed by atoms with Gasteiger partial charge in [-0.1, -0.05) is 12.8 Å². The predicted molar refractivity (Wildman–Crippen MR) is 80.4 cm³/mol. The molecule has 3 rings (SSSR count). The first-order chi connectivity index (χ1) is 10.6. The lowest BCUT2D eigenvalue weighted by Gasteiger charge is -2.21. The van der Waals surface area contributed by atoms with Crippen LogP contribution in [0, 0.1) is 5.41 Å². The highest BCUT2D eigenvalue weighted by Gasteiger charge is 2.53. The number of carbonyl (C=O) groups excluding carboxylic acids is 3. The van der Waals surface area contributed by atoms with Crippen molar-refractivity contribution in [2.45, 2.75) is 39.0 Å². The molecule has 1 aliphatic heterocycles. The number of ether oxygens (including phenoxy) is 1. The number of nitrogens with zero attached hydrogens (tertiary/aromatic N) is 1. The Morgan fingerprint density at radius 1 is 1.18 bits per heavy atom. The standard InChI is InChI=1S/C17H19NO4/c1-2-22-15(20)12-5-7-13(8-6-12)18-14(19)11-17(16(18)21)9-3-4-10-17/h5-8H,2-4,9-11H2,1H3. The van der Waals surface area contributed by atoms with E-state index in [0.29, 0.717) is 24.3 Å². The maximum absolute atomic E-state index is 12.7. The summed E-state index contributed by atoms with van der Waals surface area (Å²) in [4.78, 5) is 37.9. The normalized spacial score (nSPS) is 20.0. The third kappa shape index (κ3) is 2.30. The van der Waals surface area contributed by atoms with Crippen LogP contribution in [-0.4, -0.2) is 24.4 Å². The molecule has 1 aromatic carbocycles. The van der Waals surface area contributed by atoms with E-state index in [-0.39, 0.29) is 11.8 Å². The molecule has 0 bridgehead atoms. The molecule has 0 radical (unpaired) electrons. The van der Waals surface area contributed by atoms with Crippen molar-refractivity contribution in [1.29, 1.82) is 0 Å². The van der Waals surface area contributed by atoms with Gasteiger partial charge in [0.05, 0.1) is 23.3 Å². The Morgan fingerprint density at radius 3 is 2.41 bits per heavy atom. The fraction of sp³-hybridized carbons (Fsp3) is 0.471. The van der Waals surface area contributed by atoms with Crippen LogP contribution in [0.5, 0.6) is 0 Å². The predicted octanol–water partition coefficient (Wildman–Crippen LogP) is 2.69. The van der Waals surface area contributed by atoms with E-state index in [4.69, 9.17) is 4.74 Å². The van der Waals surface area contributed by atoms with Crippen LogP contribution in [-0.2, 0) is 14.3 Å². The molecule has 22 heavy (non-hydrogen) atoms. The number of carbonyl (C=O) groups is 3. The van der Waals surface area contributed by atoms with Gasteiger partial charge in [-0.15, -0.1) is 0 Å². The summed E-state index contributed by atoms with van der Waals surface area (Å²) in [7, 11) is 0. The van der Waals surface area contributed by atoms with E-state index in [9.17, 15) is 14.4 Å². The monoisotopic (exact) mass is 301 g/mol. The molecular formula is C17H19NO4. The van der Waals surface area contributed by atoms with E-state index in [2.05, 4.69) is 0 Å². The van der Waals surface area contributed by atoms with Crippen molar-refractivity contribution in [2.24, 2.45) is 5.41 Å². The molecule has 1 saturated carbocycles. The van der Waals surface area contributed by atoms with Crippen molar-refractivity contribution in [3.8, 4) is 0 Å². The van der Waals surface area contributed by atoms with Gasteiger partial charge in [-0.25, -0.2) is 4.79 Å². The summed E-state index contributed by atoms with van der Waals surface area (Å²) >= 11 is 0. The van der Waals surface area contributed by atoms with Crippen molar-refractivity contribution in [1.82, 2.24) is 0 Å². The summed E-state index contributed by atoms with van der Waals surface area (Å²) in [6, 6.07) is 6.45. The van der Waals surface area contributed by atoms with Crippen molar-refractivity contribution < 1.29 is 19.1 Å². The maximum atomic E-state index is 12.7. The lowest BCUT2D eigenvalue weighted by molar-refractivity contribution is -0.125. The van der Waals surface area contributed by atoms with Crippen LogP contribution < -0.4 is 4.90 Å². The van der Waals surface area contributed by atoms with Crippen molar-refractivity contribution >= 4 is 23.5 Å². The number of rotatable bonds is 3. The van der Waals surface area contributed by atoms with Gasteiger partial charge < -0.3 is 4.74 Å². The number of amides is 2. The topological polar surface area (TPSA) is 63.7 Å². The molecule has 0 N–H and O–H groups in total. The Balaban J connectivity index is 1.83. The molecule has 1 saturated heterocycles. The summed E-state index contributed by atoms with van der Waals surface area (Å²) in [5, 5.41) is 0. The van der Waals surface area contributed by atoms with Crippen molar-refractivity contribution in [3.63, 3.8) is 0 Å². The fourth-order valence-corrected chi connectivity index (χ4v) is 3.46. The van der Waals surface area contributed by atoms with Gasteiger partial charge >= 0.3 is 5.97 Å². The van der Waals surface area contributed by atoms with Gasteiger partial charge in [0.1, 0.15) is 0 Å². The third-order valence-electron chi connectivity index (χ3n) is 4.59. The van der Waals surface area contributed by atoms with E-state index < -0.39 is 11.4 Å². The number of anilines is 1. The molecule has 0 unspecified atom stereocenters. The molecule has 116 valence electrons. The van der Waals surface area contributed by atoms with Gasteiger partial charge in [0.15, 0.2) is 0 Å². The molecule has 1 heterocycles. The van der Waals surface area contributed by atoms with E-state index in [0.717, 1.165) is 25.7 Å². The summed E-state index contributed by atoms with van der Waals surface area (Å²) in [6.07, 6.45) is 3.93. The van der Waals surface area contributed by atoms with Gasteiger partial charge in [-0.2, -0.15) is 0 Å². The Hall–Kier alpha value is -2.17. The molecule has 5 nitrogen and oxygen atoms in total. The molecular weight excluding hydrogens is 282 g/mol. The lowest BCUT2D eigenvalue weighted by Crippen LogP contribution is -2.34. The molecule has 2 amide bonds. The minimum absolute atomic E-state index is 0.0844. The first-order valence-corrected chi connectivity index (χ1v) is 7.72. The smallest absolute Gasteiger partial charge is 0.338 e. The first-order valence-electron chi connectivity index (χ1n) is 7.72. The Kier molecular flexibility index (Phi) is 3.72. The molecule has 0 aromatic heterocycles. The molecule has 5 heteroatoms. The average Bonchev–Trinajstić information content (AvgIpc) is 3.06. The highest BCUT2D eigenvalue weighted by molar-refractivity contribution is 6.22. The number of imide groups is 1. The summed E-state index contributed by atoms with van der Waals surface area (Å²) in [5.74, 6) is -0.630. The Bertz CT molecular complexity index is 614. The van der Waals surface area contributed by atoms with Crippen LogP contribution in [0.25, 0.3) is 0 Å². The van der Waals surface area contributed by atoms with Gasteiger partial charge in [-0.3, -0.25) is 14.5 Å². The lowest BCUT2D eigenvalue weighted by atomic mass is 9.84. The van der Waals surface area contributed by atoms with E-state index in [1.807, 2.05) is 0 Å². The molecule has 1 aromatic rings. The van der Waals surface area contributed by atoms with E-state index in [1.54, 1.807) is 31.2 Å². The number of hydrogen-bond donors (Lipinski definition) is 0.